The molecular weight excluding hydrogens is 228 g/mol. The third-order valence-corrected chi connectivity index (χ3v) is 3.17. The summed E-state index contributed by atoms with van der Waals surface area (Å²) < 4.78 is 0. The van der Waals surface area contributed by atoms with Gasteiger partial charge in [-0.3, -0.25) is 5.10 Å². The molecule has 13 heavy (non-hydrogen) atoms. The van der Waals surface area contributed by atoms with E-state index in [-0.39, 0.29) is 0 Å². The molecule has 0 atom stereocenters. The molecule has 1 aromatic heterocycles. The fraction of sp³-hybridized carbons (Fsp3) is 0.700. The number of hydrogen-bond donors (Lipinski definition) is 1. The van der Waals surface area contributed by atoms with Crippen LogP contribution in [0.5, 0.6) is 0 Å². The van der Waals surface area contributed by atoms with E-state index in [2.05, 4.69) is 46.9 Å². The second-order valence-corrected chi connectivity index (χ2v) is 4.76. The van der Waals surface area contributed by atoms with Crippen LogP contribution in [0.15, 0.2) is 6.20 Å². The smallest absolute Gasteiger partial charge is 0.0530 e. The van der Waals surface area contributed by atoms with Crippen LogP contribution in [-0.4, -0.2) is 10.2 Å². The molecule has 0 aliphatic rings. The fourth-order valence-corrected chi connectivity index (χ4v) is 1.69. The lowest BCUT2D eigenvalue weighted by Gasteiger charge is -2.21. The maximum Gasteiger partial charge on any atom is 0.0530 e. The van der Waals surface area contributed by atoms with Gasteiger partial charge in [0.05, 0.1) is 6.20 Å². The zero-order valence-corrected chi connectivity index (χ0v) is 10.1. The highest BCUT2D eigenvalue weighted by Crippen LogP contribution is 2.26. The Hall–Kier alpha value is -0.310. The Bertz CT molecular complexity index is 266. The molecule has 0 fully saturated rings. The Balaban J connectivity index is 2.73. The van der Waals surface area contributed by atoms with Gasteiger partial charge in [0.25, 0.3) is 0 Å². The van der Waals surface area contributed by atoms with E-state index in [9.17, 15) is 0 Å². The molecule has 2 nitrogen and oxygen atoms in total. The van der Waals surface area contributed by atoms with Crippen molar-refractivity contribution in [2.75, 3.05) is 0 Å². The first-order valence-electron chi connectivity index (χ1n) is 4.66. The molecule has 1 aromatic rings. The lowest BCUT2D eigenvalue weighted by molar-refractivity contribution is 0.344. The maximum absolute atomic E-state index is 4.06. The summed E-state index contributed by atoms with van der Waals surface area (Å²) in [7, 11) is 0. The van der Waals surface area contributed by atoms with E-state index in [1.54, 1.807) is 0 Å². The molecule has 0 aliphatic heterocycles. The monoisotopic (exact) mass is 244 g/mol. The summed E-state index contributed by atoms with van der Waals surface area (Å²) in [6.07, 6.45) is 4.16. The molecule has 1 heterocycles. The molecule has 0 spiro atoms. The number of nitrogens with zero attached hydrogens (tertiary/aromatic N) is 1. The number of hydrogen-bond acceptors (Lipinski definition) is 1. The standard InChI is InChI=1S/C10H17BrN2/c1-4-10(2,3)5-9-8(6-11)7-12-13-9/h7H,4-6H2,1-3H3,(H,12,13). The first-order valence-corrected chi connectivity index (χ1v) is 5.78. The minimum Gasteiger partial charge on any atom is -0.282 e. The van der Waals surface area contributed by atoms with Gasteiger partial charge in [-0.25, -0.2) is 0 Å². The van der Waals surface area contributed by atoms with Crippen molar-refractivity contribution >= 4 is 15.9 Å². The van der Waals surface area contributed by atoms with Gasteiger partial charge in [-0.05, 0) is 11.8 Å². The number of aromatic nitrogens is 2. The zero-order chi connectivity index (χ0) is 9.90. The summed E-state index contributed by atoms with van der Waals surface area (Å²) in [5.74, 6) is 0. The molecule has 1 rings (SSSR count). The van der Waals surface area contributed by atoms with Gasteiger partial charge >= 0.3 is 0 Å². The van der Waals surface area contributed by atoms with Crippen LogP contribution in [0.25, 0.3) is 0 Å². The summed E-state index contributed by atoms with van der Waals surface area (Å²) >= 11 is 3.46. The van der Waals surface area contributed by atoms with Crippen LogP contribution >= 0.6 is 15.9 Å². The van der Waals surface area contributed by atoms with Crippen molar-refractivity contribution in [3.05, 3.63) is 17.5 Å². The number of nitrogens with one attached hydrogen (secondary N) is 1. The van der Waals surface area contributed by atoms with E-state index < -0.39 is 0 Å². The third kappa shape index (κ3) is 2.83. The van der Waals surface area contributed by atoms with Crippen molar-refractivity contribution in [3.63, 3.8) is 0 Å². The second-order valence-electron chi connectivity index (χ2n) is 4.20. The molecule has 0 amide bonds. The molecule has 0 bridgehead atoms. The first kappa shape index (κ1) is 10.8. The van der Waals surface area contributed by atoms with Crippen LogP contribution < -0.4 is 0 Å². The molecule has 0 unspecified atom stereocenters. The fourth-order valence-electron chi connectivity index (χ4n) is 1.21. The number of H-pyrrole nitrogens is 1. The van der Waals surface area contributed by atoms with E-state index in [1.165, 1.54) is 17.7 Å². The third-order valence-electron chi connectivity index (χ3n) is 2.56. The van der Waals surface area contributed by atoms with Gasteiger partial charge in [0.1, 0.15) is 0 Å². The average molecular weight is 245 g/mol. The normalized spacial score (nSPS) is 12.0. The van der Waals surface area contributed by atoms with E-state index in [0.29, 0.717) is 5.41 Å². The maximum atomic E-state index is 4.06. The highest BCUT2D eigenvalue weighted by molar-refractivity contribution is 9.08. The van der Waals surface area contributed by atoms with Crippen molar-refractivity contribution in [1.29, 1.82) is 0 Å². The van der Waals surface area contributed by atoms with Gasteiger partial charge in [-0.1, -0.05) is 43.1 Å². The molecule has 74 valence electrons. The topological polar surface area (TPSA) is 28.7 Å². The van der Waals surface area contributed by atoms with Crippen molar-refractivity contribution in [3.8, 4) is 0 Å². The predicted octanol–water partition coefficient (Wildman–Crippen LogP) is 3.28. The highest BCUT2D eigenvalue weighted by Gasteiger charge is 2.18. The Morgan fingerprint density at radius 2 is 2.23 bits per heavy atom. The molecule has 0 aliphatic carbocycles. The number of aromatic amines is 1. The van der Waals surface area contributed by atoms with Crippen LogP contribution in [0.1, 0.15) is 38.4 Å². The van der Waals surface area contributed by atoms with E-state index in [4.69, 9.17) is 0 Å². The molecule has 3 heteroatoms. The number of alkyl halides is 1. The van der Waals surface area contributed by atoms with E-state index in [1.807, 2.05) is 6.20 Å². The zero-order valence-electron chi connectivity index (χ0n) is 8.52. The first-order chi connectivity index (χ1) is 6.09. The number of rotatable bonds is 4. The lowest BCUT2D eigenvalue weighted by atomic mass is 9.84. The van der Waals surface area contributed by atoms with Crippen LogP contribution in [-0.2, 0) is 11.8 Å². The quantitative estimate of drug-likeness (QED) is 0.810. The van der Waals surface area contributed by atoms with Crippen LogP contribution in [0, 0.1) is 5.41 Å². The summed E-state index contributed by atoms with van der Waals surface area (Å²) in [5.41, 5.74) is 2.91. The summed E-state index contributed by atoms with van der Waals surface area (Å²) in [4.78, 5) is 0. The van der Waals surface area contributed by atoms with Crippen LogP contribution in [0.3, 0.4) is 0 Å². The van der Waals surface area contributed by atoms with Gasteiger partial charge in [0, 0.05) is 16.6 Å². The lowest BCUT2D eigenvalue weighted by Crippen LogP contribution is -2.14. The number of halogens is 1. The summed E-state index contributed by atoms with van der Waals surface area (Å²) in [5, 5.41) is 8.01. The van der Waals surface area contributed by atoms with Crippen molar-refractivity contribution in [2.24, 2.45) is 5.41 Å². The average Bonchev–Trinajstić information content (AvgIpc) is 2.51. The highest BCUT2D eigenvalue weighted by atomic mass is 79.9. The van der Waals surface area contributed by atoms with Crippen molar-refractivity contribution < 1.29 is 0 Å². The Labute approximate surface area is 88.3 Å². The molecule has 0 saturated carbocycles. The Morgan fingerprint density at radius 1 is 1.54 bits per heavy atom. The molecule has 0 saturated heterocycles. The SMILES string of the molecule is CCC(C)(C)Cc1[nH]ncc1CBr. The van der Waals surface area contributed by atoms with Gasteiger partial charge in [0.15, 0.2) is 0 Å². The van der Waals surface area contributed by atoms with Gasteiger partial charge < -0.3 is 0 Å². The summed E-state index contributed by atoms with van der Waals surface area (Å²) in [6.45, 7) is 6.79. The Kier molecular flexibility index (Phi) is 3.54. The van der Waals surface area contributed by atoms with Gasteiger partial charge in [-0.2, -0.15) is 5.10 Å². The van der Waals surface area contributed by atoms with Crippen molar-refractivity contribution in [2.45, 2.75) is 38.9 Å². The molecule has 0 radical (unpaired) electrons. The molecular formula is C10H17BrN2. The molecule has 1 N–H and O–H groups in total. The van der Waals surface area contributed by atoms with Crippen molar-refractivity contribution in [1.82, 2.24) is 10.2 Å². The second kappa shape index (κ2) is 4.27. The Morgan fingerprint density at radius 3 is 2.77 bits per heavy atom. The molecule has 0 aromatic carbocycles. The van der Waals surface area contributed by atoms with E-state index >= 15 is 0 Å². The predicted molar refractivity (Wildman–Crippen MR) is 59.0 cm³/mol. The van der Waals surface area contributed by atoms with Gasteiger partial charge in [-0.15, -0.1) is 0 Å². The van der Waals surface area contributed by atoms with Crippen LogP contribution in [0.4, 0.5) is 0 Å². The minimum atomic E-state index is 0.365. The minimum absolute atomic E-state index is 0.365. The largest absolute Gasteiger partial charge is 0.282 e. The summed E-state index contributed by atoms with van der Waals surface area (Å²) in [6, 6.07) is 0. The van der Waals surface area contributed by atoms with E-state index in [0.717, 1.165) is 11.8 Å². The van der Waals surface area contributed by atoms with Crippen LogP contribution in [0.2, 0.25) is 0 Å². The van der Waals surface area contributed by atoms with Gasteiger partial charge in [0.2, 0.25) is 0 Å².